The first kappa shape index (κ1) is 60.6. The van der Waals surface area contributed by atoms with Crippen molar-refractivity contribution >= 4 is 84.3 Å². The summed E-state index contributed by atoms with van der Waals surface area (Å²) < 4.78 is 0. The van der Waals surface area contributed by atoms with Gasteiger partial charge in [-0.2, -0.15) is 0 Å². The average Bonchev–Trinajstić information content (AvgIpc) is 3.35. The van der Waals surface area contributed by atoms with Gasteiger partial charge in [-0.15, -0.1) is 13.2 Å². The molecule has 6 rings (SSSR count). The van der Waals surface area contributed by atoms with E-state index in [0.29, 0.717) is 71.0 Å². The molecule has 3 aromatic rings. The highest BCUT2D eigenvalue weighted by Crippen LogP contribution is 2.28. The fourth-order valence-electron chi connectivity index (χ4n) is 7.80. The summed E-state index contributed by atoms with van der Waals surface area (Å²) >= 11 is 4.24. The van der Waals surface area contributed by atoms with Gasteiger partial charge in [-0.25, -0.2) is 15.0 Å². The summed E-state index contributed by atoms with van der Waals surface area (Å²) in [5.41, 5.74) is 11.3. The summed E-state index contributed by atoms with van der Waals surface area (Å²) in [4.78, 5) is 75.6. The molecule has 3 aliphatic heterocycles. The summed E-state index contributed by atoms with van der Waals surface area (Å²) in [5.74, 6) is 2.22. The molecule has 17 heteroatoms. The van der Waals surface area contributed by atoms with Crippen molar-refractivity contribution < 1.29 is 29.1 Å². The third kappa shape index (κ3) is 23.3. The molecule has 0 aromatic carbocycles. The molecule has 0 bridgehead atoms. The number of allylic oxidation sites excluding steroid dienone is 2. The lowest BCUT2D eigenvalue weighted by Crippen LogP contribution is -2.36. The Hall–Kier alpha value is -4.50. The normalized spacial score (nSPS) is 12.8. The van der Waals surface area contributed by atoms with Gasteiger partial charge in [-0.3, -0.25) is 33.8 Å². The van der Waals surface area contributed by atoms with Crippen LogP contribution in [0.15, 0.2) is 61.7 Å². The van der Waals surface area contributed by atoms with Crippen LogP contribution < -0.4 is 31.5 Å². The predicted octanol–water partition coefficient (Wildman–Crippen LogP) is 9.16. The minimum atomic E-state index is -0.792. The van der Waals surface area contributed by atoms with Crippen molar-refractivity contribution in [2.75, 3.05) is 54.4 Å². The molecule has 69 heavy (non-hydrogen) atoms. The van der Waals surface area contributed by atoms with Gasteiger partial charge in [-0.05, 0) is 145 Å². The molecule has 0 atom stereocenters. The summed E-state index contributed by atoms with van der Waals surface area (Å²) in [6, 6.07) is 12.3. The largest absolute Gasteiger partial charge is 0.481 e. The van der Waals surface area contributed by atoms with E-state index in [1.807, 2.05) is 43.9 Å². The number of nitrogens with zero attached hydrogens (tertiary/aromatic N) is 5. The second kappa shape index (κ2) is 36.4. The van der Waals surface area contributed by atoms with Crippen LogP contribution in [0.1, 0.15) is 138 Å². The number of aryl methyl sites for hydroxylation is 6. The molecule has 0 unspecified atom stereocenters. The van der Waals surface area contributed by atoms with Gasteiger partial charge < -0.3 is 26.8 Å². The van der Waals surface area contributed by atoms with Crippen LogP contribution in [0.25, 0.3) is 0 Å². The number of carboxylic acids is 1. The predicted molar refractivity (Wildman–Crippen MR) is 296 cm³/mol. The summed E-state index contributed by atoms with van der Waals surface area (Å²) in [6.45, 7) is 17.7. The zero-order chi connectivity index (χ0) is 50.8. The highest BCUT2D eigenvalue weighted by atomic mass is 128. The molecule has 15 nitrogen and oxygen atoms in total. The monoisotopic (exact) mass is 1180 g/mol. The second-order valence-electron chi connectivity index (χ2n) is 16.6. The van der Waals surface area contributed by atoms with E-state index in [0.717, 1.165) is 123 Å². The standard InChI is InChI=1S/C19H27N3O2.C17H22N2O3.C14H21N3O.C2H7N.I2/c1-3-5-11-18(24)22-14-7-8-15-12-13-16(21-19(15)22)9-6-10-17(23)20-4-2;1-2-3-8-15(20)19-12-5-6-13-10-11-14(18-17(13)19)7-4-9-16(21)22;1-2-15-13(18)7-3-6-12-9-8-11-5-4-10-16-14(11)17-12;1-2-3;1-2/h3,12-13H,1,4-11,14H2,2H3,(H,20,23);2,10-11H,1,3-9,12H2,(H,21,22);8-9H,2-7,10H2,1H3,(H,15,18)(H,16,17);2-3H2,1H3;. The molecule has 3 aromatic heterocycles. The van der Waals surface area contributed by atoms with Crippen LogP contribution in [0, 0.1) is 0 Å². The van der Waals surface area contributed by atoms with E-state index >= 15 is 0 Å². The van der Waals surface area contributed by atoms with E-state index in [2.05, 4.69) is 94.5 Å². The maximum absolute atomic E-state index is 12.4. The molecular weight excluding hydrogens is 1100 g/mol. The van der Waals surface area contributed by atoms with Gasteiger partial charge in [0.1, 0.15) is 17.5 Å². The Balaban J connectivity index is 0.000000341. The van der Waals surface area contributed by atoms with Gasteiger partial charge in [0.05, 0.1) is 0 Å². The van der Waals surface area contributed by atoms with Crippen LogP contribution in [0.3, 0.4) is 0 Å². The van der Waals surface area contributed by atoms with Crippen molar-refractivity contribution in [1.82, 2.24) is 25.6 Å². The third-order valence-electron chi connectivity index (χ3n) is 11.1. The van der Waals surface area contributed by atoms with Crippen molar-refractivity contribution in [2.45, 2.75) is 143 Å². The van der Waals surface area contributed by atoms with Crippen LogP contribution in [0.2, 0.25) is 0 Å². The van der Waals surface area contributed by atoms with Crippen molar-refractivity contribution in [1.29, 1.82) is 0 Å². The maximum Gasteiger partial charge on any atom is 0.303 e. The van der Waals surface area contributed by atoms with Crippen LogP contribution >= 0.6 is 37.2 Å². The molecule has 6 N–H and O–H groups in total. The Morgan fingerprint density at radius 3 is 1.48 bits per heavy atom. The van der Waals surface area contributed by atoms with Crippen LogP contribution in [-0.4, -0.2) is 88.9 Å². The molecule has 4 amide bonds. The molecule has 0 saturated heterocycles. The smallest absolute Gasteiger partial charge is 0.303 e. The number of nitrogens with one attached hydrogen (secondary N) is 3. The number of carboxylic acid groups (broad SMARTS) is 1. The van der Waals surface area contributed by atoms with Crippen molar-refractivity contribution in [3.8, 4) is 0 Å². The number of hydrogen-bond acceptors (Lipinski definition) is 10. The number of nitrogens with two attached hydrogens (primary N) is 1. The number of hydrogen-bond donors (Lipinski definition) is 5. The van der Waals surface area contributed by atoms with Gasteiger partial charge in [0, 0.05) is 119 Å². The first-order chi connectivity index (χ1) is 33.5. The van der Waals surface area contributed by atoms with Crippen molar-refractivity contribution in [2.24, 2.45) is 5.73 Å². The molecule has 3 aliphatic rings. The molecule has 0 fully saturated rings. The number of fused-ring (bicyclic) bond motifs is 3. The SMILES string of the molecule is C=CCCC(=O)N1CCCc2ccc(CCCC(=O)NCC)nc21.C=CCCC(=O)N1CCCc2ccc(CCCC(=O)O)nc21.CCN.CCNC(=O)CCCc1ccc2c(n1)NCCC2.II. The Morgan fingerprint density at radius 2 is 1.06 bits per heavy atom. The van der Waals surface area contributed by atoms with E-state index in [1.165, 1.54) is 12.0 Å². The first-order valence-electron chi connectivity index (χ1n) is 24.6. The molecule has 0 radical (unpaired) electrons. The zero-order valence-corrected chi connectivity index (χ0v) is 45.6. The highest BCUT2D eigenvalue weighted by Gasteiger charge is 2.25. The number of carbonyl (C=O) groups excluding carboxylic acids is 4. The van der Waals surface area contributed by atoms with Crippen molar-refractivity contribution in [3.63, 3.8) is 0 Å². The summed E-state index contributed by atoms with van der Waals surface area (Å²) in [7, 11) is 0. The number of carbonyl (C=O) groups is 5. The average molecular weight is 1180 g/mol. The van der Waals surface area contributed by atoms with E-state index in [-0.39, 0.29) is 30.0 Å². The fourth-order valence-corrected chi connectivity index (χ4v) is 7.80. The quantitative estimate of drug-likeness (QED) is 0.0532. The Bertz CT molecular complexity index is 2070. The van der Waals surface area contributed by atoms with Crippen LogP contribution in [0.4, 0.5) is 17.5 Å². The van der Waals surface area contributed by atoms with Gasteiger partial charge in [0.2, 0.25) is 23.6 Å². The number of aliphatic carboxylic acids is 1. The zero-order valence-electron chi connectivity index (χ0n) is 41.3. The number of pyridine rings is 3. The first-order valence-corrected chi connectivity index (χ1v) is 30.9. The molecule has 6 heterocycles. The number of anilines is 3. The van der Waals surface area contributed by atoms with Crippen LogP contribution in [0.5, 0.6) is 0 Å². The molecule has 380 valence electrons. The van der Waals surface area contributed by atoms with Gasteiger partial charge in [0.25, 0.3) is 0 Å². The third-order valence-corrected chi connectivity index (χ3v) is 11.1. The second-order valence-corrected chi connectivity index (χ2v) is 16.6. The number of aromatic nitrogens is 3. The highest BCUT2D eigenvalue weighted by molar-refractivity contribution is 15.0. The molecule has 0 aliphatic carbocycles. The van der Waals surface area contributed by atoms with Crippen LogP contribution in [-0.2, 0) is 62.5 Å². The topological polar surface area (TPSA) is 213 Å². The van der Waals surface area contributed by atoms with Crippen molar-refractivity contribution in [3.05, 3.63) is 95.5 Å². The van der Waals surface area contributed by atoms with E-state index in [9.17, 15) is 24.0 Å². The fraction of sp³-hybridized carbons (Fsp3) is 0.538. The number of amides is 4. The Labute approximate surface area is 434 Å². The summed E-state index contributed by atoms with van der Waals surface area (Å²) in [5, 5.41) is 17.6. The minimum Gasteiger partial charge on any atom is -0.481 e. The maximum atomic E-state index is 12.4. The lowest BCUT2D eigenvalue weighted by molar-refractivity contribution is -0.137. The van der Waals surface area contributed by atoms with E-state index in [1.54, 1.807) is 17.1 Å². The minimum absolute atomic E-state index is 0.0797. The Kier molecular flexibility index (Phi) is 32.0. The van der Waals surface area contributed by atoms with Gasteiger partial charge >= 0.3 is 5.97 Å². The molecule has 0 spiro atoms. The number of halogens is 2. The number of rotatable bonds is 20. The molecule has 0 saturated carbocycles. The summed E-state index contributed by atoms with van der Waals surface area (Å²) in [6.07, 6.45) is 17.6. The Morgan fingerprint density at radius 1 is 0.652 bits per heavy atom. The van der Waals surface area contributed by atoms with E-state index < -0.39 is 5.97 Å². The lowest BCUT2D eigenvalue weighted by Gasteiger charge is -2.28. The van der Waals surface area contributed by atoms with Gasteiger partial charge in [-0.1, -0.05) is 37.3 Å². The van der Waals surface area contributed by atoms with E-state index in [4.69, 9.17) is 15.8 Å². The van der Waals surface area contributed by atoms with Gasteiger partial charge in [0.15, 0.2) is 0 Å². The lowest BCUT2D eigenvalue weighted by atomic mass is 10.0. The molecular formula is C52H77I2N9O6.